The number of hydrogen-bond donors (Lipinski definition) is 3. The third-order valence-electron chi connectivity index (χ3n) is 7.95. The van der Waals surface area contributed by atoms with Gasteiger partial charge in [-0.3, -0.25) is 9.59 Å². The normalized spacial score (nSPS) is 12.8. The number of carbonyl (C=O) groups is 2. The summed E-state index contributed by atoms with van der Waals surface area (Å²) < 4.78 is 21.0. The van der Waals surface area contributed by atoms with Crippen LogP contribution in [0.1, 0.15) is 55.1 Å². The Labute approximate surface area is 297 Å². The number of ether oxygens (including phenoxy) is 1. The Bertz CT molecular complexity index is 1820. The van der Waals surface area contributed by atoms with Crippen molar-refractivity contribution >= 4 is 17.6 Å². The van der Waals surface area contributed by atoms with E-state index in [1.54, 1.807) is 36.4 Å². The Morgan fingerprint density at radius 2 is 1.50 bits per heavy atom. The van der Waals surface area contributed by atoms with Gasteiger partial charge in [0.15, 0.2) is 6.10 Å². The van der Waals surface area contributed by atoms with E-state index in [4.69, 9.17) is 4.74 Å². The highest BCUT2D eigenvalue weighted by Crippen LogP contribution is 2.42. The van der Waals surface area contributed by atoms with Gasteiger partial charge in [-0.2, -0.15) is 0 Å². The molecule has 15 nitrogen and oxygen atoms in total. The van der Waals surface area contributed by atoms with Crippen molar-refractivity contribution in [2.75, 3.05) is 18.5 Å². The van der Waals surface area contributed by atoms with Crippen molar-refractivity contribution in [3.05, 3.63) is 122 Å². The van der Waals surface area contributed by atoms with E-state index in [0.717, 1.165) is 5.56 Å². The van der Waals surface area contributed by atoms with Gasteiger partial charge in [-0.25, -0.2) is 4.39 Å². The number of esters is 1. The summed E-state index contributed by atoms with van der Waals surface area (Å²) in [5, 5.41) is 43.3. The number of halogens is 1. The molecule has 0 aliphatic carbocycles. The van der Waals surface area contributed by atoms with E-state index in [1.165, 1.54) is 12.1 Å². The van der Waals surface area contributed by atoms with Crippen LogP contribution in [0.5, 0.6) is 0 Å². The fraction of sp³-hybridized carbons (Fsp3) is 0.333. The van der Waals surface area contributed by atoms with Crippen LogP contribution in [0.2, 0.25) is 0 Å². The van der Waals surface area contributed by atoms with Crippen LogP contribution in [0.15, 0.2) is 84.9 Å². The van der Waals surface area contributed by atoms with Gasteiger partial charge in [-0.15, -0.1) is 20.2 Å². The summed E-state index contributed by atoms with van der Waals surface area (Å²) in [6.07, 6.45) is -4.90. The minimum atomic E-state index is -1.58. The Hall–Kier alpha value is -5.87. The van der Waals surface area contributed by atoms with Gasteiger partial charge < -0.3 is 34.5 Å². The molecule has 0 saturated carbocycles. The van der Waals surface area contributed by atoms with Gasteiger partial charge in [0.25, 0.3) is 16.1 Å². The first-order valence-electron chi connectivity index (χ1n) is 16.4. The average molecular weight is 723 g/mol. The first-order valence-corrected chi connectivity index (χ1v) is 16.4. The van der Waals surface area contributed by atoms with Crippen molar-refractivity contribution in [1.29, 1.82) is 0 Å². The van der Waals surface area contributed by atoms with E-state index < -0.39 is 59.9 Å². The minimum absolute atomic E-state index is 0.0691. The maximum Gasteiger partial charge on any atom is 0.308 e. The lowest BCUT2D eigenvalue weighted by molar-refractivity contribution is -0.790. The molecule has 3 atom stereocenters. The molecule has 1 amide bonds. The quantitative estimate of drug-likeness (QED) is 0.0621. The number of aliphatic hydroxyl groups is 2. The van der Waals surface area contributed by atoms with Crippen molar-refractivity contribution < 1.29 is 48.8 Å². The number of aliphatic hydroxyl groups excluding tert-OH is 2. The molecule has 4 aromatic rings. The highest BCUT2D eigenvalue weighted by molar-refractivity contribution is 6.12. The molecule has 3 aromatic carbocycles. The highest BCUT2D eigenvalue weighted by Gasteiger charge is 2.31. The second kappa shape index (κ2) is 18.4. The maximum atomic E-state index is 14.2. The van der Waals surface area contributed by atoms with E-state index >= 15 is 0 Å². The van der Waals surface area contributed by atoms with E-state index in [9.17, 15) is 44.4 Å². The SMILES string of the molecule is CC(C)c1c(C(=O)Nc2ccccc2)c(-c2ccccc2)c(-c2ccc(F)cc2)n1CC[C@@H](O)C[C@@H](O)CC(=O)OC[C@H](CO[N+](=O)[O-])O[N+](=O)[O-]. The van der Waals surface area contributed by atoms with Crippen LogP contribution in [0.3, 0.4) is 0 Å². The molecule has 3 N–H and O–H groups in total. The Balaban J connectivity index is 1.60. The largest absolute Gasteiger partial charge is 0.463 e. The Morgan fingerprint density at radius 3 is 2.10 bits per heavy atom. The number of rotatable bonds is 19. The van der Waals surface area contributed by atoms with Crippen molar-refractivity contribution in [1.82, 2.24) is 4.57 Å². The molecular formula is C36H39FN4O11. The third-order valence-corrected chi connectivity index (χ3v) is 7.95. The minimum Gasteiger partial charge on any atom is -0.463 e. The van der Waals surface area contributed by atoms with Gasteiger partial charge in [0.1, 0.15) is 19.0 Å². The first kappa shape index (κ1) is 38.9. The van der Waals surface area contributed by atoms with E-state index in [1.807, 2.05) is 54.8 Å². The zero-order valence-corrected chi connectivity index (χ0v) is 28.4. The highest BCUT2D eigenvalue weighted by atomic mass is 19.1. The molecule has 0 fully saturated rings. The number of aromatic nitrogens is 1. The Morgan fingerprint density at radius 1 is 0.865 bits per heavy atom. The molecule has 0 saturated heterocycles. The third kappa shape index (κ3) is 10.8. The fourth-order valence-corrected chi connectivity index (χ4v) is 5.81. The standard InChI is InChI=1S/C36H39FN4O11/c1-23(2)34-33(36(45)38-27-11-7-4-8-12-27)32(24-9-5-3-6-10-24)35(25-13-15-26(37)16-14-25)39(34)18-17-28(42)19-29(43)20-31(44)50-21-30(52-41(48)49)22-51-40(46)47/h3-16,23,28-30,42-43H,17-22H2,1-2H3,(H,38,45)/t28-,29-,30-/m1/s1. The predicted octanol–water partition coefficient (Wildman–Crippen LogP) is 5.56. The van der Waals surface area contributed by atoms with Gasteiger partial charge in [0, 0.05) is 23.5 Å². The van der Waals surface area contributed by atoms with E-state index in [2.05, 4.69) is 15.0 Å². The molecule has 0 aliphatic heterocycles. The van der Waals surface area contributed by atoms with Crippen molar-refractivity contribution in [3.8, 4) is 22.4 Å². The summed E-state index contributed by atoms with van der Waals surface area (Å²) in [5.74, 6) is -2.00. The van der Waals surface area contributed by atoms with Crippen LogP contribution in [0.4, 0.5) is 10.1 Å². The second-order valence-corrected chi connectivity index (χ2v) is 12.2. The number of para-hydroxylation sites is 1. The number of anilines is 1. The predicted molar refractivity (Wildman–Crippen MR) is 185 cm³/mol. The lowest BCUT2D eigenvalue weighted by Gasteiger charge is -2.20. The lowest BCUT2D eigenvalue weighted by atomic mass is 9.94. The molecule has 0 unspecified atom stereocenters. The number of nitrogens with zero attached hydrogens (tertiary/aromatic N) is 3. The molecule has 0 bridgehead atoms. The van der Waals surface area contributed by atoms with Crippen molar-refractivity contribution in [2.24, 2.45) is 0 Å². The van der Waals surface area contributed by atoms with Crippen LogP contribution in [-0.2, 0) is 25.8 Å². The summed E-state index contributed by atoms with van der Waals surface area (Å²) in [6.45, 7) is 2.40. The molecule has 4 rings (SSSR count). The van der Waals surface area contributed by atoms with Gasteiger partial charge in [-0.05, 0) is 66.3 Å². The monoisotopic (exact) mass is 722 g/mol. The molecule has 0 spiro atoms. The van der Waals surface area contributed by atoms with Crippen LogP contribution < -0.4 is 5.32 Å². The van der Waals surface area contributed by atoms with Crippen molar-refractivity contribution in [2.45, 2.75) is 63.9 Å². The lowest BCUT2D eigenvalue weighted by Crippen LogP contribution is -2.31. The molecule has 16 heteroatoms. The smallest absolute Gasteiger partial charge is 0.308 e. The molecule has 0 radical (unpaired) electrons. The van der Waals surface area contributed by atoms with Crippen molar-refractivity contribution in [3.63, 3.8) is 0 Å². The number of benzene rings is 3. The summed E-state index contributed by atoms with van der Waals surface area (Å²) in [7, 11) is 0. The fourth-order valence-electron chi connectivity index (χ4n) is 5.81. The Kier molecular flexibility index (Phi) is 13.8. The molecule has 0 aliphatic rings. The number of carbonyl (C=O) groups excluding carboxylic acids is 2. The van der Waals surface area contributed by atoms with Crippen LogP contribution in [-0.4, -0.2) is 68.4 Å². The van der Waals surface area contributed by atoms with Crippen LogP contribution in [0, 0.1) is 26.0 Å². The summed E-state index contributed by atoms with van der Waals surface area (Å²) in [5.41, 5.74) is 4.26. The van der Waals surface area contributed by atoms with Gasteiger partial charge in [0.2, 0.25) is 0 Å². The van der Waals surface area contributed by atoms with Gasteiger partial charge in [-0.1, -0.05) is 62.4 Å². The molecule has 1 heterocycles. The molecule has 52 heavy (non-hydrogen) atoms. The second-order valence-electron chi connectivity index (χ2n) is 12.2. The first-order chi connectivity index (χ1) is 24.8. The molecular weight excluding hydrogens is 683 g/mol. The van der Waals surface area contributed by atoms with Gasteiger partial charge >= 0.3 is 5.97 Å². The zero-order valence-electron chi connectivity index (χ0n) is 28.4. The van der Waals surface area contributed by atoms with E-state index in [0.29, 0.717) is 33.8 Å². The molecule has 276 valence electrons. The van der Waals surface area contributed by atoms with Crippen LogP contribution in [0.25, 0.3) is 22.4 Å². The summed E-state index contributed by atoms with van der Waals surface area (Å²) in [6, 6.07) is 24.2. The summed E-state index contributed by atoms with van der Waals surface area (Å²) in [4.78, 5) is 55.9. The van der Waals surface area contributed by atoms with E-state index in [-0.39, 0.29) is 31.2 Å². The average Bonchev–Trinajstić information content (AvgIpc) is 3.45. The van der Waals surface area contributed by atoms with Gasteiger partial charge in [0.05, 0.1) is 29.9 Å². The maximum absolute atomic E-state index is 14.2. The summed E-state index contributed by atoms with van der Waals surface area (Å²) >= 11 is 0. The number of hydrogen-bond acceptors (Lipinski definition) is 11. The molecule has 1 aromatic heterocycles. The number of nitrogens with one attached hydrogen (secondary N) is 1. The zero-order chi connectivity index (χ0) is 37.8. The number of amides is 1. The van der Waals surface area contributed by atoms with Crippen LogP contribution >= 0.6 is 0 Å². The topological polar surface area (TPSA) is 206 Å².